The third kappa shape index (κ3) is 4.29. The number of sulfonamides is 1. The Hall–Kier alpha value is -1.47. The van der Waals surface area contributed by atoms with Gasteiger partial charge in [0, 0.05) is 0 Å². The van der Waals surface area contributed by atoms with E-state index in [4.69, 9.17) is 0 Å². The van der Waals surface area contributed by atoms with Crippen LogP contribution in [0.3, 0.4) is 0 Å². The van der Waals surface area contributed by atoms with Crippen LogP contribution >= 0.6 is 0 Å². The number of hydrogen-bond acceptors (Lipinski definition) is 4. The highest BCUT2D eigenvalue weighted by Crippen LogP contribution is 2.14. The van der Waals surface area contributed by atoms with E-state index < -0.39 is 32.7 Å². The molecule has 5 nitrogen and oxygen atoms in total. The third-order valence-corrected chi connectivity index (χ3v) is 4.06. The first kappa shape index (κ1) is 15.6. The quantitative estimate of drug-likeness (QED) is 0.787. The first-order chi connectivity index (χ1) is 8.88. The largest absolute Gasteiger partial charge is 0.548 e. The molecule has 0 aromatic heterocycles. The highest BCUT2D eigenvalue weighted by molar-refractivity contribution is 7.89. The van der Waals surface area contributed by atoms with Crippen molar-refractivity contribution in [2.24, 2.45) is 0 Å². The predicted octanol–water partition coefficient (Wildman–Crippen LogP) is 0.413. The SMILES string of the molecule is CCCC[C@H](NS(=O)(=O)c1ccccc1F)C(=O)[O-]. The number of hydrogen-bond donors (Lipinski definition) is 1. The van der Waals surface area contributed by atoms with Gasteiger partial charge >= 0.3 is 0 Å². The number of carbonyl (C=O) groups is 1. The number of rotatable bonds is 7. The summed E-state index contributed by atoms with van der Waals surface area (Å²) in [4.78, 5) is 10.3. The average molecular weight is 288 g/mol. The van der Waals surface area contributed by atoms with Crippen molar-refractivity contribution in [1.82, 2.24) is 4.72 Å². The predicted molar refractivity (Wildman–Crippen MR) is 65.0 cm³/mol. The Bertz CT molecular complexity index is 544. The van der Waals surface area contributed by atoms with Crippen LogP contribution in [0.2, 0.25) is 0 Å². The van der Waals surface area contributed by atoms with Crippen molar-refractivity contribution in [1.29, 1.82) is 0 Å². The second-order valence-corrected chi connectivity index (χ2v) is 5.75. The highest BCUT2D eigenvalue weighted by atomic mass is 32.2. The van der Waals surface area contributed by atoms with Gasteiger partial charge in [-0.25, -0.2) is 17.5 Å². The standard InChI is InChI=1S/C12H16FNO4S/c1-2-3-7-10(12(15)16)14-19(17,18)11-8-5-4-6-9(11)13/h4-6,8,10,14H,2-3,7H2,1H3,(H,15,16)/p-1/t10-/m0/s1. The minimum atomic E-state index is -4.21. The molecule has 1 aromatic carbocycles. The van der Waals surface area contributed by atoms with Crippen LogP contribution in [0.5, 0.6) is 0 Å². The first-order valence-corrected chi connectivity index (χ1v) is 7.34. The minimum absolute atomic E-state index is 0.104. The van der Waals surface area contributed by atoms with E-state index in [1.54, 1.807) is 0 Å². The monoisotopic (exact) mass is 288 g/mol. The zero-order valence-electron chi connectivity index (χ0n) is 10.4. The zero-order valence-corrected chi connectivity index (χ0v) is 11.2. The van der Waals surface area contributed by atoms with Crippen LogP contribution in [0.4, 0.5) is 4.39 Å². The van der Waals surface area contributed by atoms with Gasteiger partial charge in [0.05, 0.1) is 12.0 Å². The van der Waals surface area contributed by atoms with Crippen molar-refractivity contribution in [2.75, 3.05) is 0 Å². The van der Waals surface area contributed by atoms with Crippen LogP contribution in [0.25, 0.3) is 0 Å². The van der Waals surface area contributed by atoms with E-state index in [-0.39, 0.29) is 6.42 Å². The maximum absolute atomic E-state index is 13.4. The molecule has 0 aliphatic heterocycles. The lowest BCUT2D eigenvalue weighted by Crippen LogP contribution is -2.47. The number of aliphatic carboxylic acids is 1. The Morgan fingerprint density at radius 3 is 2.58 bits per heavy atom. The molecule has 0 amide bonds. The van der Waals surface area contributed by atoms with Crippen LogP contribution in [0.15, 0.2) is 29.2 Å². The lowest BCUT2D eigenvalue weighted by Gasteiger charge is -2.19. The Labute approximate surface area is 111 Å². The number of carboxylic acids is 1. The number of halogens is 1. The number of carbonyl (C=O) groups excluding carboxylic acids is 1. The van der Waals surface area contributed by atoms with Crippen molar-refractivity contribution in [3.05, 3.63) is 30.1 Å². The molecule has 0 unspecified atom stereocenters. The maximum atomic E-state index is 13.4. The number of nitrogens with one attached hydrogen (secondary N) is 1. The van der Waals surface area contributed by atoms with Crippen LogP contribution in [-0.2, 0) is 14.8 Å². The first-order valence-electron chi connectivity index (χ1n) is 5.86. The highest BCUT2D eigenvalue weighted by Gasteiger charge is 2.23. The van der Waals surface area contributed by atoms with Gasteiger partial charge in [0.25, 0.3) is 0 Å². The molecule has 1 aromatic rings. The molecule has 0 heterocycles. The maximum Gasteiger partial charge on any atom is 0.244 e. The molecule has 0 aliphatic carbocycles. The Kier molecular flexibility index (Phi) is 5.44. The lowest BCUT2D eigenvalue weighted by atomic mass is 10.1. The Morgan fingerprint density at radius 1 is 1.42 bits per heavy atom. The summed E-state index contributed by atoms with van der Waals surface area (Å²) in [5.41, 5.74) is 0. The van der Waals surface area contributed by atoms with E-state index in [2.05, 4.69) is 0 Å². The van der Waals surface area contributed by atoms with Crippen LogP contribution in [0.1, 0.15) is 26.2 Å². The van der Waals surface area contributed by atoms with Crippen LogP contribution in [-0.4, -0.2) is 20.4 Å². The van der Waals surface area contributed by atoms with Gasteiger partial charge in [-0.2, -0.15) is 0 Å². The summed E-state index contributed by atoms with van der Waals surface area (Å²) in [5, 5.41) is 10.9. The van der Waals surface area contributed by atoms with E-state index in [1.165, 1.54) is 12.1 Å². The van der Waals surface area contributed by atoms with Gasteiger partial charge in [-0.05, 0) is 18.6 Å². The average Bonchev–Trinajstić information content (AvgIpc) is 2.34. The molecular weight excluding hydrogens is 273 g/mol. The number of benzene rings is 1. The molecule has 1 N–H and O–H groups in total. The number of unbranched alkanes of at least 4 members (excludes halogenated alkanes) is 1. The number of carboxylic acid groups (broad SMARTS) is 1. The molecule has 0 saturated heterocycles. The fourth-order valence-electron chi connectivity index (χ4n) is 1.55. The van der Waals surface area contributed by atoms with Gasteiger partial charge in [-0.15, -0.1) is 0 Å². The summed E-state index contributed by atoms with van der Waals surface area (Å²) >= 11 is 0. The van der Waals surface area contributed by atoms with Crippen molar-refractivity contribution in [3.63, 3.8) is 0 Å². The van der Waals surface area contributed by atoms with Crippen LogP contribution < -0.4 is 9.83 Å². The van der Waals surface area contributed by atoms with Gasteiger partial charge in [-0.1, -0.05) is 31.9 Å². The van der Waals surface area contributed by atoms with Crippen molar-refractivity contribution < 1.29 is 22.7 Å². The van der Waals surface area contributed by atoms with Gasteiger partial charge in [0.15, 0.2) is 0 Å². The normalized spacial score (nSPS) is 13.2. The summed E-state index contributed by atoms with van der Waals surface area (Å²) in [6, 6.07) is 3.42. The summed E-state index contributed by atoms with van der Waals surface area (Å²) in [6.45, 7) is 1.84. The zero-order chi connectivity index (χ0) is 14.5. The van der Waals surface area contributed by atoms with Crippen LogP contribution in [0, 0.1) is 5.82 Å². The molecule has 1 rings (SSSR count). The molecule has 106 valence electrons. The Morgan fingerprint density at radius 2 is 2.05 bits per heavy atom. The van der Waals surface area contributed by atoms with Gasteiger partial charge in [0.1, 0.15) is 10.7 Å². The van der Waals surface area contributed by atoms with E-state index in [9.17, 15) is 22.7 Å². The molecule has 0 spiro atoms. The van der Waals surface area contributed by atoms with Gasteiger partial charge < -0.3 is 9.90 Å². The van der Waals surface area contributed by atoms with Crippen molar-refractivity contribution >= 4 is 16.0 Å². The van der Waals surface area contributed by atoms with E-state index >= 15 is 0 Å². The second kappa shape index (κ2) is 6.63. The molecule has 0 bridgehead atoms. The van der Waals surface area contributed by atoms with Crippen molar-refractivity contribution in [2.45, 2.75) is 37.1 Å². The smallest absolute Gasteiger partial charge is 0.244 e. The molecular formula is C12H15FNO4S-. The van der Waals surface area contributed by atoms with E-state index in [0.717, 1.165) is 12.1 Å². The van der Waals surface area contributed by atoms with Gasteiger partial charge in [0.2, 0.25) is 10.0 Å². The van der Waals surface area contributed by atoms with Crippen molar-refractivity contribution in [3.8, 4) is 0 Å². The fraction of sp³-hybridized carbons (Fsp3) is 0.417. The topological polar surface area (TPSA) is 86.3 Å². The summed E-state index contributed by atoms with van der Waals surface area (Å²) < 4.78 is 39.1. The van der Waals surface area contributed by atoms with E-state index in [1.807, 2.05) is 11.6 Å². The molecule has 0 saturated carbocycles. The Balaban J connectivity index is 2.95. The fourth-order valence-corrected chi connectivity index (χ4v) is 2.84. The molecule has 0 aliphatic rings. The molecule has 7 heteroatoms. The molecule has 0 radical (unpaired) electrons. The summed E-state index contributed by atoms with van der Waals surface area (Å²) in [7, 11) is -4.21. The summed E-state index contributed by atoms with van der Waals surface area (Å²) in [5.74, 6) is -2.45. The molecule has 19 heavy (non-hydrogen) atoms. The lowest BCUT2D eigenvalue weighted by molar-refractivity contribution is -0.308. The minimum Gasteiger partial charge on any atom is -0.548 e. The van der Waals surface area contributed by atoms with Gasteiger partial charge in [-0.3, -0.25) is 0 Å². The molecule has 1 atom stereocenters. The van der Waals surface area contributed by atoms with E-state index in [0.29, 0.717) is 12.8 Å². The third-order valence-electron chi connectivity index (χ3n) is 2.55. The second-order valence-electron chi connectivity index (χ2n) is 4.07. The summed E-state index contributed by atoms with van der Waals surface area (Å²) in [6.07, 6.45) is 1.34. The molecule has 0 fully saturated rings.